The summed E-state index contributed by atoms with van der Waals surface area (Å²) in [7, 11) is 0. The molecule has 0 aliphatic carbocycles. The normalized spacial score (nSPS) is 10.4. The summed E-state index contributed by atoms with van der Waals surface area (Å²) in [5.74, 6) is 1.36. The fourth-order valence-corrected chi connectivity index (χ4v) is 3.60. The van der Waals surface area contributed by atoms with E-state index in [1.807, 2.05) is 84.9 Å². The first kappa shape index (κ1) is 23.9. The molecule has 5 heteroatoms. The van der Waals surface area contributed by atoms with Crippen LogP contribution >= 0.6 is 0 Å². The summed E-state index contributed by atoms with van der Waals surface area (Å²) >= 11 is 0. The third-order valence-corrected chi connectivity index (χ3v) is 5.42. The maximum Gasteiger partial charge on any atom is 0.243 e. The van der Waals surface area contributed by atoms with Crippen LogP contribution in [0.3, 0.4) is 0 Å². The molecule has 0 saturated heterocycles. The molecule has 178 valence electrons. The lowest BCUT2D eigenvalue weighted by molar-refractivity contribution is -0.114. The quantitative estimate of drug-likeness (QED) is 0.240. The van der Waals surface area contributed by atoms with Crippen molar-refractivity contribution in [2.75, 3.05) is 23.8 Å². The Kier molecular flexibility index (Phi) is 8.77. The number of carbonyl (C=O) groups excluding carboxylic acids is 1. The number of rotatable bonds is 12. The van der Waals surface area contributed by atoms with Crippen LogP contribution in [0.4, 0.5) is 11.4 Å². The number of para-hydroxylation sites is 2. The smallest absolute Gasteiger partial charge is 0.243 e. The Hall–Kier alpha value is -4.25. The summed E-state index contributed by atoms with van der Waals surface area (Å²) in [5, 5.41) is 6.09. The van der Waals surface area contributed by atoms with Crippen LogP contribution in [-0.4, -0.2) is 19.1 Å². The van der Waals surface area contributed by atoms with Crippen LogP contribution in [0.25, 0.3) is 0 Å². The number of nitrogens with one attached hydrogen (secondary N) is 2. The average Bonchev–Trinajstić information content (AvgIpc) is 2.91. The van der Waals surface area contributed by atoms with Gasteiger partial charge in [-0.05, 0) is 60.4 Å². The Morgan fingerprint density at radius 1 is 0.686 bits per heavy atom. The summed E-state index contributed by atoms with van der Waals surface area (Å²) in [6, 6.07) is 35.4. The van der Waals surface area contributed by atoms with Gasteiger partial charge in [0.1, 0.15) is 18.1 Å². The highest BCUT2D eigenvalue weighted by Crippen LogP contribution is 2.24. The molecule has 0 radical (unpaired) electrons. The van der Waals surface area contributed by atoms with E-state index in [9.17, 15) is 4.79 Å². The predicted molar refractivity (Wildman–Crippen MR) is 141 cm³/mol. The Labute approximate surface area is 206 Å². The van der Waals surface area contributed by atoms with Gasteiger partial charge in [0.15, 0.2) is 0 Å². The standard InChI is InChI=1S/C30H30N2O3/c33-30(32-26-17-19-27(20-18-26)35-23-25-12-5-2-6-13-25)22-31-28-15-7-8-16-29(28)34-21-9-14-24-10-3-1-4-11-24/h1-8,10-13,15-20,31H,9,14,21-23H2,(H,32,33). The highest BCUT2D eigenvalue weighted by atomic mass is 16.5. The highest BCUT2D eigenvalue weighted by Gasteiger charge is 2.07. The van der Waals surface area contributed by atoms with Crippen LogP contribution in [0.5, 0.6) is 11.5 Å². The summed E-state index contributed by atoms with van der Waals surface area (Å²) in [6.07, 6.45) is 1.89. The molecular formula is C30H30N2O3. The van der Waals surface area contributed by atoms with Crippen molar-refractivity contribution in [1.82, 2.24) is 0 Å². The molecule has 1 amide bonds. The van der Waals surface area contributed by atoms with E-state index >= 15 is 0 Å². The molecule has 0 aromatic heterocycles. The van der Waals surface area contributed by atoms with Gasteiger partial charge in [0.25, 0.3) is 0 Å². The lowest BCUT2D eigenvalue weighted by Crippen LogP contribution is -2.22. The van der Waals surface area contributed by atoms with Gasteiger partial charge >= 0.3 is 0 Å². The maximum absolute atomic E-state index is 12.5. The predicted octanol–water partition coefficient (Wildman–Crippen LogP) is 6.33. The molecule has 35 heavy (non-hydrogen) atoms. The Balaban J connectivity index is 1.20. The number of anilines is 2. The Morgan fingerprint density at radius 2 is 1.34 bits per heavy atom. The lowest BCUT2D eigenvalue weighted by atomic mass is 10.1. The SMILES string of the molecule is O=C(CNc1ccccc1OCCCc1ccccc1)Nc1ccc(OCc2ccccc2)cc1. The molecule has 0 saturated carbocycles. The molecule has 4 aromatic carbocycles. The van der Waals surface area contributed by atoms with Crippen molar-refractivity contribution >= 4 is 17.3 Å². The maximum atomic E-state index is 12.5. The van der Waals surface area contributed by atoms with Gasteiger partial charge in [-0.3, -0.25) is 4.79 Å². The zero-order chi connectivity index (χ0) is 24.1. The first-order valence-corrected chi connectivity index (χ1v) is 11.8. The second kappa shape index (κ2) is 12.8. The van der Waals surface area contributed by atoms with E-state index in [2.05, 4.69) is 34.9 Å². The van der Waals surface area contributed by atoms with Crippen LogP contribution in [-0.2, 0) is 17.8 Å². The second-order valence-electron chi connectivity index (χ2n) is 8.13. The molecule has 5 nitrogen and oxygen atoms in total. The van der Waals surface area contributed by atoms with Gasteiger partial charge in [-0.2, -0.15) is 0 Å². The molecule has 0 atom stereocenters. The van der Waals surface area contributed by atoms with Gasteiger partial charge in [-0.25, -0.2) is 0 Å². The first-order chi connectivity index (χ1) is 17.3. The van der Waals surface area contributed by atoms with Gasteiger partial charge in [0.05, 0.1) is 18.8 Å². The monoisotopic (exact) mass is 466 g/mol. The van der Waals surface area contributed by atoms with Crippen LogP contribution in [0.1, 0.15) is 17.5 Å². The zero-order valence-electron chi connectivity index (χ0n) is 19.7. The topological polar surface area (TPSA) is 59.6 Å². The largest absolute Gasteiger partial charge is 0.491 e. The van der Waals surface area contributed by atoms with E-state index in [1.165, 1.54) is 5.56 Å². The number of hydrogen-bond donors (Lipinski definition) is 2. The Morgan fingerprint density at radius 3 is 2.09 bits per heavy atom. The van der Waals surface area contributed by atoms with E-state index < -0.39 is 0 Å². The van der Waals surface area contributed by atoms with Gasteiger partial charge in [0, 0.05) is 5.69 Å². The van der Waals surface area contributed by atoms with E-state index in [1.54, 1.807) is 0 Å². The number of amides is 1. The molecule has 0 aliphatic heterocycles. The molecule has 2 N–H and O–H groups in total. The molecule has 4 aromatic rings. The van der Waals surface area contributed by atoms with Crippen LogP contribution in [0.2, 0.25) is 0 Å². The third kappa shape index (κ3) is 7.93. The molecule has 4 rings (SSSR count). The van der Waals surface area contributed by atoms with E-state index in [0.717, 1.165) is 35.6 Å². The minimum atomic E-state index is -0.137. The van der Waals surface area contributed by atoms with Crippen molar-refractivity contribution in [3.8, 4) is 11.5 Å². The molecule has 0 bridgehead atoms. The van der Waals surface area contributed by atoms with Gasteiger partial charge in [-0.15, -0.1) is 0 Å². The Bertz CT molecular complexity index is 1180. The number of carbonyl (C=O) groups is 1. The van der Waals surface area contributed by atoms with E-state index in [-0.39, 0.29) is 12.5 Å². The van der Waals surface area contributed by atoms with Crippen molar-refractivity contribution in [2.45, 2.75) is 19.4 Å². The average molecular weight is 467 g/mol. The summed E-state index contributed by atoms with van der Waals surface area (Å²) < 4.78 is 11.8. The number of aryl methyl sites for hydroxylation is 1. The molecule has 0 aliphatic rings. The fraction of sp³-hybridized carbons (Fsp3) is 0.167. The van der Waals surface area contributed by atoms with E-state index in [0.29, 0.717) is 18.9 Å². The molecule has 0 heterocycles. The minimum Gasteiger partial charge on any atom is -0.491 e. The summed E-state index contributed by atoms with van der Waals surface area (Å²) in [6.45, 7) is 1.25. The first-order valence-electron chi connectivity index (χ1n) is 11.8. The molecular weight excluding hydrogens is 436 g/mol. The van der Waals surface area contributed by atoms with Gasteiger partial charge in [-0.1, -0.05) is 72.8 Å². The lowest BCUT2D eigenvalue weighted by Gasteiger charge is -2.13. The summed E-state index contributed by atoms with van der Waals surface area (Å²) in [5.41, 5.74) is 3.92. The molecule has 0 unspecified atom stereocenters. The fourth-order valence-electron chi connectivity index (χ4n) is 3.60. The van der Waals surface area contributed by atoms with Crippen LogP contribution in [0.15, 0.2) is 109 Å². The van der Waals surface area contributed by atoms with Gasteiger partial charge < -0.3 is 20.1 Å². The zero-order valence-corrected chi connectivity index (χ0v) is 19.7. The van der Waals surface area contributed by atoms with Crippen molar-refractivity contribution in [2.24, 2.45) is 0 Å². The van der Waals surface area contributed by atoms with Crippen LogP contribution < -0.4 is 20.1 Å². The van der Waals surface area contributed by atoms with Crippen molar-refractivity contribution < 1.29 is 14.3 Å². The molecule has 0 spiro atoms. The highest BCUT2D eigenvalue weighted by molar-refractivity contribution is 5.94. The summed E-state index contributed by atoms with van der Waals surface area (Å²) in [4.78, 5) is 12.5. The minimum absolute atomic E-state index is 0.136. The van der Waals surface area contributed by atoms with Crippen molar-refractivity contribution in [3.05, 3.63) is 120 Å². The van der Waals surface area contributed by atoms with Crippen molar-refractivity contribution in [1.29, 1.82) is 0 Å². The van der Waals surface area contributed by atoms with Crippen molar-refractivity contribution in [3.63, 3.8) is 0 Å². The molecule has 0 fully saturated rings. The second-order valence-corrected chi connectivity index (χ2v) is 8.13. The third-order valence-electron chi connectivity index (χ3n) is 5.42. The van der Waals surface area contributed by atoms with E-state index in [4.69, 9.17) is 9.47 Å². The van der Waals surface area contributed by atoms with Gasteiger partial charge in [0.2, 0.25) is 5.91 Å². The number of benzene rings is 4. The van der Waals surface area contributed by atoms with Crippen LogP contribution in [0, 0.1) is 0 Å². The number of hydrogen-bond acceptors (Lipinski definition) is 4. The number of ether oxygens (including phenoxy) is 2.